The molecule has 0 spiro atoms. The largest absolute Gasteiger partial charge is 0.387 e. The molecule has 2 amide bonds. The molecular formula is C16H25N3O4. The van der Waals surface area contributed by atoms with Crippen LogP contribution in [-0.4, -0.2) is 64.2 Å². The number of amides is 2. The molecule has 2 rings (SSSR count). The van der Waals surface area contributed by atoms with E-state index < -0.39 is 6.10 Å². The predicted molar refractivity (Wildman–Crippen MR) is 87.7 cm³/mol. The number of aliphatic hydroxyl groups excluding tert-OH is 1. The highest BCUT2D eigenvalue weighted by atomic mass is 16.5. The van der Waals surface area contributed by atoms with Gasteiger partial charge in [-0.15, -0.1) is 0 Å². The minimum absolute atomic E-state index is 0.162. The zero-order chi connectivity index (χ0) is 16.5. The van der Waals surface area contributed by atoms with Crippen LogP contribution in [0.15, 0.2) is 24.3 Å². The number of carbonyl (C=O) groups excluding carboxylic acids is 1. The number of hydrogen-bond donors (Lipinski definition) is 3. The van der Waals surface area contributed by atoms with Crippen molar-refractivity contribution in [2.45, 2.75) is 6.10 Å². The van der Waals surface area contributed by atoms with Gasteiger partial charge in [-0.1, -0.05) is 12.1 Å². The summed E-state index contributed by atoms with van der Waals surface area (Å²) in [4.78, 5) is 13.8. The van der Waals surface area contributed by atoms with E-state index in [1.807, 2.05) is 24.3 Å². The molecule has 7 heteroatoms. The summed E-state index contributed by atoms with van der Waals surface area (Å²) in [6.45, 7) is 4.30. The highest BCUT2D eigenvalue weighted by Crippen LogP contribution is 2.19. The number of nitrogens with zero attached hydrogens (tertiary/aromatic N) is 1. The van der Waals surface area contributed by atoms with Gasteiger partial charge in [-0.2, -0.15) is 0 Å². The van der Waals surface area contributed by atoms with Gasteiger partial charge in [-0.25, -0.2) is 4.79 Å². The summed E-state index contributed by atoms with van der Waals surface area (Å²) in [5.74, 6) is 0. The number of hydrogen-bond acceptors (Lipinski definition) is 5. The number of nitrogens with one attached hydrogen (secondary N) is 2. The summed E-state index contributed by atoms with van der Waals surface area (Å²) in [5.41, 5.74) is 1.90. The van der Waals surface area contributed by atoms with Crippen molar-refractivity contribution >= 4 is 11.7 Å². The second kappa shape index (κ2) is 9.34. The number of anilines is 1. The molecular weight excluding hydrogens is 298 g/mol. The standard InChI is InChI=1S/C16H25N3O4/c1-22-9-6-17-16(21)18-12-15(20)13-2-4-14(5-3-13)19-7-10-23-11-8-19/h2-5,15,20H,6-12H2,1H3,(H2,17,18,21). The van der Waals surface area contributed by atoms with Crippen molar-refractivity contribution in [2.75, 3.05) is 58.0 Å². The highest BCUT2D eigenvalue weighted by Gasteiger charge is 2.13. The van der Waals surface area contributed by atoms with Gasteiger partial charge in [0.05, 0.1) is 25.9 Å². The zero-order valence-corrected chi connectivity index (χ0v) is 13.5. The second-order valence-corrected chi connectivity index (χ2v) is 5.34. The molecule has 0 aromatic heterocycles. The van der Waals surface area contributed by atoms with Crippen LogP contribution in [0.4, 0.5) is 10.5 Å². The minimum atomic E-state index is -0.734. The van der Waals surface area contributed by atoms with E-state index in [1.165, 1.54) is 0 Å². The lowest BCUT2D eigenvalue weighted by Gasteiger charge is -2.29. The number of rotatable bonds is 7. The van der Waals surface area contributed by atoms with Gasteiger partial charge in [-0.05, 0) is 17.7 Å². The lowest BCUT2D eigenvalue weighted by molar-refractivity contribution is 0.122. The fraction of sp³-hybridized carbons (Fsp3) is 0.562. The van der Waals surface area contributed by atoms with Crippen molar-refractivity contribution in [3.05, 3.63) is 29.8 Å². The van der Waals surface area contributed by atoms with Gasteiger partial charge in [0, 0.05) is 39.0 Å². The summed E-state index contributed by atoms with van der Waals surface area (Å²) < 4.78 is 10.2. The monoisotopic (exact) mass is 323 g/mol. The Morgan fingerprint density at radius 3 is 2.65 bits per heavy atom. The van der Waals surface area contributed by atoms with Crippen LogP contribution in [-0.2, 0) is 9.47 Å². The predicted octanol–water partition coefficient (Wildman–Crippen LogP) is 0.502. The van der Waals surface area contributed by atoms with Crippen LogP contribution in [0.2, 0.25) is 0 Å². The molecule has 1 atom stereocenters. The molecule has 0 aliphatic carbocycles. The summed E-state index contributed by atoms with van der Waals surface area (Å²) in [5, 5.41) is 15.4. The minimum Gasteiger partial charge on any atom is -0.387 e. The topological polar surface area (TPSA) is 83.1 Å². The molecule has 23 heavy (non-hydrogen) atoms. The van der Waals surface area contributed by atoms with Crippen molar-refractivity contribution in [3.8, 4) is 0 Å². The Bertz CT molecular complexity index is 475. The molecule has 1 aromatic carbocycles. The van der Waals surface area contributed by atoms with Crippen molar-refractivity contribution in [1.82, 2.24) is 10.6 Å². The zero-order valence-electron chi connectivity index (χ0n) is 13.5. The molecule has 0 radical (unpaired) electrons. The summed E-state index contributed by atoms with van der Waals surface area (Å²) in [6, 6.07) is 7.44. The number of methoxy groups -OCH3 is 1. The fourth-order valence-corrected chi connectivity index (χ4v) is 2.37. The third-order valence-corrected chi connectivity index (χ3v) is 3.70. The Labute approximate surface area is 136 Å². The van der Waals surface area contributed by atoms with Crippen LogP contribution in [0.1, 0.15) is 11.7 Å². The number of carbonyl (C=O) groups is 1. The third-order valence-electron chi connectivity index (χ3n) is 3.70. The molecule has 1 aromatic rings. The van der Waals surface area contributed by atoms with Crippen molar-refractivity contribution in [2.24, 2.45) is 0 Å². The number of urea groups is 1. The van der Waals surface area contributed by atoms with Crippen LogP contribution in [0.5, 0.6) is 0 Å². The first-order valence-electron chi connectivity index (χ1n) is 7.82. The number of ether oxygens (including phenoxy) is 2. The van der Waals surface area contributed by atoms with E-state index in [0.717, 1.165) is 37.6 Å². The quantitative estimate of drug-likeness (QED) is 0.637. The molecule has 1 unspecified atom stereocenters. The molecule has 1 heterocycles. The molecule has 7 nitrogen and oxygen atoms in total. The van der Waals surface area contributed by atoms with Gasteiger partial charge in [0.15, 0.2) is 0 Å². The molecule has 3 N–H and O–H groups in total. The van der Waals surface area contributed by atoms with Crippen molar-refractivity contribution in [3.63, 3.8) is 0 Å². The van der Waals surface area contributed by atoms with Gasteiger partial charge in [0.1, 0.15) is 0 Å². The van der Waals surface area contributed by atoms with E-state index in [1.54, 1.807) is 7.11 Å². The van der Waals surface area contributed by atoms with E-state index in [0.29, 0.717) is 13.2 Å². The van der Waals surface area contributed by atoms with E-state index in [2.05, 4.69) is 15.5 Å². The first-order valence-corrected chi connectivity index (χ1v) is 7.82. The average Bonchev–Trinajstić information content (AvgIpc) is 2.61. The number of aliphatic hydroxyl groups is 1. The second-order valence-electron chi connectivity index (χ2n) is 5.34. The molecule has 1 saturated heterocycles. The van der Waals surface area contributed by atoms with Crippen LogP contribution in [0, 0.1) is 0 Å². The van der Waals surface area contributed by atoms with Crippen molar-refractivity contribution < 1.29 is 19.4 Å². The van der Waals surface area contributed by atoms with Crippen LogP contribution >= 0.6 is 0 Å². The van der Waals surface area contributed by atoms with Gasteiger partial charge in [0.25, 0.3) is 0 Å². The van der Waals surface area contributed by atoms with Crippen molar-refractivity contribution in [1.29, 1.82) is 0 Å². The Morgan fingerprint density at radius 2 is 2.00 bits per heavy atom. The molecule has 1 fully saturated rings. The molecule has 1 aliphatic rings. The van der Waals surface area contributed by atoms with Crippen LogP contribution < -0.4 is 15.5 Å². The Hall–Kier alpha value is -1.83. The molecule has 0 bridgehead atoms. The normalized spacial score (nSPS) is 16.0. The van der Waals surface area contributed by atoms with Gasteiger partial charge < -0.3 is 30.1 Å². The lowest BCUT2D eigenvalue weighted by atomic mass is 10.1. The van der Waals surface area contributed by atoms with E-state index in [-0.39, 0.29) is 12.6 Å². The summed E-state index contributed by atoms with van der Waals surface area (Å²) in [6.07, 6.45) is -0.734. The molecule has 1 aliphatic heterocycles. The SMILES string of the molecule is COCCNC(=O)NCC(O)c1ccc(N2CCOCC2)cc1. The summed E-state index contributed by atoms with van der Waals surface area (Å²) in [7, 11) is 1.57. The number of benzene rings is 1. The van der Waals surface area contributed by atoms with E-state index >= 15 is 0 Å². The number of morpholine rings is 1. The van der Waals surface area contributed by atoms with Gasteiger partial charge in [-0.3, -0.25) is 0 Å². The first kappa shape index (κ1) is 17.5. The first-order chi connectivity index (χ1) is 11.2. The maximum Gasteiger partial charge on any atom is 0.314 e. The van der Waals surface area contributed by atoms with E-state index in [9.17, 15) is 9.90 Å². The van der Waals surface area contributed by atoms with Gasteiger partial charge in [0.2, 0.25) is 0 Å². The molecule has 0 saturated carbocycles. The highest BCUT2D eigenvalue weighted by molar-refractivity contribution is 5.73. The van der Waals surface area contributed by atoms with Crippen LogP contribution in [0.3, 0.4) is 0 Å². The Balaban J connectivity index is 1.78. The smallest absolute Gasteiger partial charge is 0.314 e. The maximum absolute atomic E-state index is 11.5. The Morgan fingerprint density at radius 1 is 1.30 bits per heavy atom. The van der Waals surface area contributed by atoms with Crippen LogP contribution in [0.25, 0.3) is 0 Å². The fourth-order valence-electron chi connectivity index (χ4n) is 2.37. The average molecular weight is 323 g/mol. The maximum atomic E-state index is 11.5. The Kier molecular flexibility index (Phi) is 7.12. The van der Waals surface area contributed by atoms with Gasteiger partial charge >= 0.3 is 6.03 Å². The third kappa shape index (κ3) is 5.70. The molecule has 128 valence electrons. The summed E-state index contributed by atoms with van der Waals surface area (Å²) >= 11 is 0. The van der Waals surface area contributed by atoms with E-state index in [4.69, 9.17) is 9.47 Å². The lowest BCUT2D eigenvalue weighted by Crippen LogP contribution is -2.39.